The fourth-order valence-electron chi connectivity index (χ4n) is 2.73. The molecule has 0 spiro atoms. The number of amides is 1. The van der Waals surface area contributed by atoms with Gasteiger partial charge in [0.25, 0.3) is 0 Å². The van der Waals surface area contributed by atoms with Crippen LogP contribution >= 0.6 is 0 Å². The van der Waals surface area contributed by atoms with Crippen LogP contribution in [0.3, 0.4) is 0 Å². The van der Waals surface area contributed by atoms with Gasteiger partial charge in [-0.25, -0.2) is 0 Å². The lowest BCUT2D eigenvalue weighted by atomic mass is 10.0. The lowest BCUT2D eigenvalue weighted by molar-refractivity contribution is -0.122. The third-order valence-corrected chi connectivity index (χ3v) is 3.87. The van der Waals surface area contributed by atoms with Crippen LogP contribution in [0.5, 0.6) is 0 Å². The molecule has 0 heterocycles. The first kappa shape index (κ1) is 14.0. The number of carbonyl (C=O) groups is 1. The summed E-state index contributed by atoms with van der Waals surface area (Å²) in [6, 6.07) is 9.49. The highest BCUT2D eigenvalue weighted by atomic mass is 16.3. The van der Waals surface area contributed by atoms with Crippen molar-refractivity contribution in [1.82, 2.24) is 5.32 Å². The van der Waals surface area contributed by atoms with E-state index in [-0.39, 0.29) is 30.5 Å². The van der Waals surface area contributed by atoms with Crippen molar-refractivity contribution >= 4 is 5.91 Å². The summed E-state index contributed by atoms with van der Waals surface area (Å²) in [4.78, 5) is 12.0. The Hall–Kier alpha value is -1.39. The molecule has 1 amide bonds. The molecular formula is C15H22N2O2. The molecule has 1 aromatic rings. The van der Waals surface area contributed by atoms with E-state index in [1.807, 2.05) is 30.3 Å². The number of rotatable bonds is 5. The maximum absolute atomic E-state index is 12.0. The Kier molecular flexibility index (Phi) is 4.93. The first-order valence-electron chi connectivity index (χ1n) is 6.91. The van der Waals surface area contributed by atoms with Crippen molar-refractivity contribution in [2.75, 3.05) is 6.61 Å². The smallest absolute Gasteiger partial charge is 0.222 e. The second-order valence-corrected chi connectivity index (χ2v) is 5.27. The largest absolute Gasteiger partial charge is 0.396 e. The molecule has 0 aromatic heterocycles. The van der Waals surface area contributed by atoms with Crippen molar-refractivity contribution in [3.05, 3.63) is 35.9 Å². The second kappa shape index (κ2) is 6.68. The summed E-state index contributed by atoms with van der Waals surface area (Å²) in [5.41, 5.74) is 7.00. The van der Waals surface area contributed by atoms with Crippen LogP contribution in [0.4, 0.5) is 0 Å². The highest BCUT2D eigenvalue weighted by Crippen LogP contribution is 2.25. The molecule has 2 rings (SSSR count). The van der Waals surface area contributed by atoms with E-state index >= 15 is 0 Å². The van der Waals surface area contributed by atoms with Gasteiger partial charge >= 0.3 is 0 Å². The Morgan fingerprint density at radius 1 is 1.37 bits per heavy atom. The average molecular weight is 262 g/mol. The van der Waals surface area contributed by atoms with Gasteiger partial charge in [-0.2, -0.15) is 0 Å². The number of carbonyl (C=O) groups excluding carboxylic acids is 1. The van der Waals surface area contributed by atoms with Crippen molar-refractivity contribution in [3.8, 4) is 0 Å². The minimum absolute atomic E-state index is 0.0262. The lowest BCUT2D eigenvalue weighted by Gasteiger charge is -2.20. The molecule has 4 nitrogen and oxygen atoms in total. The van der Waals surface area contributed by atoms with Crippen molar-refractivity contribution in [1.29, 1.82) is 0 Å². The molecule has 1 aromatic carbocycles. The quantitative estimate of drug-likeness (QED) is 0.750. The molecule has 3 unspecified atom stereocenters. The molecule has 1 saturated carbocycles. The number of aliphatic hydroxyl groups excluding tert-OH is 1. The Labute approximate surface area is 114 Å². The standard InChI is InChI=1S/C15H22N2O2/c16-13(11-5-2-1-3-6-11)9-15(19)17-14-8-4-7-12(14)10-18/h1-3,5-6,12-14,18H,4,7-10,16H2,(H,17,19). The Morgan fingerprint density at radius 2 is 2.11 bits per heavy atom. The van der Waals surface area contributed by atoms with Crippen molar-refractivity contribution in [2.45, 2.75) is 37.8 Å². The van der Waals surface area contributed by atoms with Gasteiger partial charge in [0.1, 0.15) is 0 Å². The first-order valence-corrected chi connectivity index (χ1v) is 6.91. The van der Waals surface area contributed by atoms with Crippen molar-refractivity contribution in [3.63, 3.8) is 0 Å². The van der Waals surface area contributed by atoms with Crippen LogP contribution in [-0.4, -0.2) is 23.7 Å². The van der Waals surface area contributed by atoms with Gasteiger partial charge < -0.3 is 16.2 Å². The molecule has 1 aliphatic carbocycles. The number of nitrogens with two attached hydrogens (primary N) is 1. The lowest BCUT2D eigenvalue weighted by Crippen LogP contribution is -2.39. The Balaban J connectivity index is 1.84. The van der Waals surface area contributed by atoms with Crippen LogP contribution in [-0.2, 0) is 4.79 Å². The van der Waals surface area contributed by atoms with Crippen LogP contribution in [0.1, 0.15) is 37.3 Å². The van der Waals surface area contributed by atoms with Crippen LogP contribution in [0.15, 0.2) is 30.3 Å². The molecule has 3 atom stereocenters. The van der Waals surface area contributed by atoms with E-state index < -0.39 is 0 Å². The summed E-state index contributed by atoms with van der Waals surface area (Å²) in [6.45, 7) is 0.148. The SMILES string of the molecule is NC(CC(=O)NC1CCCC1CO)c1ccccc1. The molecule has 104 valence electrons. The molecule has 1 aliphatic rings. The fourth-order valence-corrected chi connectivity index (χ4v) is 2.73. The molecule has 0 aliphatic heterocycles. The van der Waals surface area contributed by atoms with Crippen molar-refractivity contribution in [2.24, 2.45) is 11.7 Å². The summed E-state index contributed by atoms with van der Waals surface area (Å²) in [7, 11) is 0. The van der Waals surface area contributed by atoms with E-state index in [0.29, 0.717) is 6.42 Å². The van der Waals surface area contributed by atoms with E-state index in [9.17, 15) is 9.90 Å². The predicted octanol–water partition coefficient (Wildman–Crippen LogP) is 1.35. The predicted molar refractivity (Wildman–Crippen MR) is 74.3 cm³/mol. The van der Waals surface area contributed by atoms with Crippen molar-refractivity contribution < 1.29 is 9.90 Å². The summed E-state index contributed by atoms with van der Waals surface area (Å²) in [5.74, 6) is 0.179. The van der Waals surface area contributed by atoms with Gasteiger partial charge in [-0.3, -0.25) is 4.79 Å². The molecule has 19 heavy (non-hydrogen) atoms. The summed E-state index contributed by atoms with van der Waals surface area (Å²) in [5, 5.41) is 12.2. The zero-order chi connectivity index (χ0) is 13.7. The van der Waals surface area contributed by atoms with Gasteiger partial charge in [-0.1, -0.05) is 36.8 Å². The zero-order valence-corrected chi connectivity index (χ0v) is 11.1. The van der Waals surface area contributed by atoms with Gasteiger partial charge in [0.2, 0.25) is 5.91 Å². The van der Waals surface area contributed by atoms with Gasteiger partial charge in [0, 0.05) is 31.0 Å². The number of aliphatic hydroxyl groups is 1. The topological polar surface area (TPSA) is 75.4 Å². The van der Waals surface area contributed by atoms with E-state index in [4.69, 9.17) is 5.73 Å². The van der Waals surface area contributed by atoms with E-state index in [1.54, 1.807) is 0 Å². The normalized spacial score (nSPS) is 24.1. The zero-order valence-electron chi connectivity index (χ0n) is 11.1. The molecule has 4 N–H and O–H groups in total. The molecule has 1 fully saturated rings. The van der Waals surface area contributed by atoms with Crippen LogP contribution in [0, 0.1) is 5.92 Å². The van der Waals surface area contributed by atoms with Crippen LogP contribution in [0.2, 0.25) is 0 Å². The maximum Gasteiger partial charge on any atom is 0.222 e. The molecule has 0 bridgehead atoms. The Morgan fingerprint density at radius 3 is 2.79 bits per heavy atom. The first-order chi connectivity index (χ1) is 9.20. The number of hydrogen-bond donors (Lipinski definition) is 3. The molecule has 4 heteroatoms. The van der Waals surface area contributed by atoms with Crippen LogP contribution in [0.25, 0.3) is 0 Å². The average Bonchev–Trinajstić information content (AvgIpc) is 2.86. The summed E-state index contributed by atoms with van der Waals surface area (Å²) in [6.07, 6.45) is 3.31. The van der Waals surface area contributed by atoms with Gasteiger partial charge in [0.05, 0.1) is 0 Å². The molecule has 0 radical (unpaired) electrons. The van der Waals surface area contributed by atoms with Gasteiger partial charge in [0.15, 0.2) is 0 Å². The van der Waals surface area contributed by atoms with Gasteiger partial charge in [-0.15, -0.1) is 0 Å². The summed E-state index contributed by atoms with van der Waals surface area (Å²) < 4.78 is 0. The number of benzene rings is 1. The maximum atomic E-state index is 12.0. The highest BCUT2D eigenvalue weighted by Gasteiger charge is 2.28. The third kappa shape index (κ3) is 3.78. The minimum atomic E-state index is -0.268. The van der Waals surface area contributed by atoms with Crippen LogP contribution < -0.4 is 11.1 Å². The molecular weight excluding hydrogens is 240 g/mol. The minimum Gasteiger partial charge on any atom is -0.396 e. The highest BCUT2D eigenvalue weighted by molar-refractivity contribution is 5.77. The number of nitrogens with one attached hydrogen (secondary N) is 1. The monoisotopic (exact) mass is 262 g/mol. The number of hydrogen-bond acceptors (Lipinski definition) is 3. The van der Waals surface area contributed by atoms with Gasteiger partial charge in [-0.05, 0) is 18.4 Å². The fraction of sp³-hybridized carbons (Fsp3) is 0.533. The van der Waals surface area contributed by atoms with E-state index in [2.05, 4.69) is 5.32 Å². The summed E-state index contributed by atoms with van der Waals surface area (Å²) >= 11 is 0. The third-order valence-electron chi connectivity index (χ3n) is 3.87. The second-order valence-electron chi connectivity index (χ2n) is 5.27. The molecule has 0 saturated heterocycles. The van der Waals surface area contributed by atoms with E-state index in [0.717, 1.165) is 24.8 Å². The van der Waals surface area contributed by atoms with E-state index in [1.165, 1.54) is 0 Å². The Bertz CT molecular complexity index is 408.